The minimum absolute atomic E-state index is 0.326. The first kappa shape index (κ1) is 7.43. The number of benzene rings is 1. The SMILES string of the molecule is Cc1cc(O)c2sccc2c1N. The van der Waals surface area contributed by atoms with Crippen molar-refractivity contribution in [2.24, 2.45) is 0 Å². The van der Waals surface area contributed by atoms with Crippen molar-refractivity contribution in [3.8, 4) is 5.75 Å². The quantitative estimate of drug-likeness (QED) is 0.482. The van der Waals surface area contributed by atoms with Crippen LogP contribution in [0.2, 0.25) is 0 Å². The zero-order chi connectivity index (χ0) is 8.72. The minimum Gasteiger partial charge on any atom is -0.506 e. The molecule has 0 aliphatic heterocycles. The van der Waals surface area contributed by atoms with Gasteiger partial charge in [0.2, 0.25) is 0 Å². The number of hydrogen-bond acceptors (Lipinski definition) is 3. The van der Waals surface area contributed by atoms with Gasteiger partial charge in [-0.05, 0) is 30.0 Å². The summed E-state index contributed by atoms with van der Waals surface area (Å²) in [4.78, 5) is 0. The predicted octanol–water partition coefficient (Wildman–Crippen LogP) is 2.50. The molecule has 12 heavy (non-hydrogen) atoms. The molecular formula is C9H9NOS. The molecule has 1 aromatic carbocycles. The van der Waals surface area contributed by atoms with Crippen LogP contribution < -0.4 is 5.73 Å². The molecule has 0 amide bonds. The zero-order valence-electron chi connectivity index (χ0n) is 6.66. The summed E-state index contributed by atoms with van der Waals surface area (Å²) < 4.78 is 0.873. The van der Waals surface area contributed by atoms with Crippen LogP contribution in [0.5, 0.6) is 5.75 Å². The zero-order valence-corrected chi connectivity index (χ0v) is 7.48. The number of anilines is 1. The van der Waals surface area contributed by atoms with Crippen LogP contribution >= 0.6 is 11.3 Å². The maximum Gasteiger partial charge on any atom is 0.133 e. The van der Waals surface area contributed by atoms with Crippen molar-refractivity contribution in [2.75, 3.05) is 5.73 Å². The Morgan fingerprint density at radius 1 is 1.50 bits per heavy atom. The van der Waals surface area contributed by atoms with Gasteiger partial charge in [0.15, 0.2) is 0 Å². The summed E-state index contributed by atoms with van der Waals surface area (Å²) in [6.45, 7) is 1.90. The number of thiophene rings is 1. The molecule has 62 valence electrons. The molecule has 2 nitrogen and oxygen atoms in total. The molecule has 0 saturated carbocycles. The van der Waals surface area contributed by atoms with Crippen molar-refractivity contribution in [1.29, 1.82) is 0 Å². The Labute approximate surface area is 74.3 Å². The largest absolute Gasteiger partial charge is 0.506 e. The molecule has 0 radical (unpaired) electrons. The summed E-state index contributed by atoms with van der Waals surface area (Å²) in [5, 5.41) is 12.4. The fraction of sp³-hybridized carbons (Fsp3) is 0.111. The van der Waals surface area contributed by atoms with Crippen LogP contribution in [0.15, 0.2) is 17.5 Å². The molecule has 2 rings (SSSR count). The predicted molar refractivity (Wildman–Crippen MR) is 52.6 cm³/mol. The molecule has 0 spiro atoms. The van der Waals surface area contributed by atoms with E-state index in [0.29, 0.717) is 5.75 Å². The van der Waals surface area contributed by atoms with E-state index in [0.717, 1.165) is 21.3 Å². The van der Waals surface area contributed by atoms with E-state index in [4.69, 9.17) is 5.73 Å². The van der Waals surface area contributed by atoms with Crippen LogP contribution in [0.25, 0.3) is 10.1 Å². The third kappa shape index (κ3) is 0.865. The second-order valence-corrected chi connectivity index (χ2v) is 3.71. The number of nitrogen functional groups attached to an aromatic ring is 1. The van der Waals surface area contributed by atoms with Crippen molar-refractivity contribution in [3.63, 3.8) is 0 Å². The van der Waals surface area contributed by atoms with Crippen molar-refractivity contribution >= 4 is 27.1 Å². The van der Waals surface area contributed by atoms with Crippen molar-refractivity contribution in [2.45, 2.75) is 6.92 Å². The van der Waals surface area contributed by atoms with Crippen LogP contribution in [-0.2, 0) is 0 Å². The van der Waals surface area contributed by atoms with Crippen molar-refractivity contribution < 1.29 is 5.11 Å². The highest BCUT2D eigenvalue weighted by Crippen LogP contribution is 2.35. The van der Waals surface area contributed by atoms with E-state index in [1.54, 1.807) is 6.07 Å². The Balaban J connectivity index is 2.97. The number of rotatable bonds is 0. The number of aromatic hydroxyl groups is 1. The van der Waals surface area contributed by atoms with Gasteiger partial charge in [-0.15, -0.1) is 11.3 Å². The minimum atomic E-state index is 0.326. The lowest BCUT2D eigenvalue weighted by molar-refractivity contribution is 0.482. The average Bonchev–Trinajstić information content (AvgIpc) is 2.48. The standard InChI is InChI=1S/C9H9NOS/c1-5-4-7(11)9-6(8(5)10)2-3-12-9/h2-4,11H,10H2,1H3. The lowest BCUT2D eigenvalue weighted by Crippen LogP contribution is -1.89. The van der Waals surface area contributed by atoms with Crippen LogP contribution in [0.3, 0.4) is 0 Å². The molecule has 3 N–H and O–H groups in total. The Morgan fingerprint density at radius 2 is 2.25 bits per heavy atom. The fourth-order valence-electron chi connectivity index (χ4n) is 1.28. The van der Waals surface area contributed by atoms with Crippen LogP contribution in [0.4, 0.5) is 5.69 Å². The van der Waals surface area contributed by atoms with E-state index < -0.39 is 0 Å². The lowest BCUT2D eigenvalue weighted by atomic mass is 10.1. The Bertz CT molecular complexity index is 433. The normalized spacial score (nSPS) is 10.8. The number of phenols is 1. The first-order chi connectivity index (χ1) is 5.70. The first-order valence-corrected chi connectivity index (χ1v) is 4.53. The summed E-state index contributed by atoms with van der Waals surface area (Å²) >= 11 is 1.51. The fourth-order valence-corrected chi connectivity index (χ4v) is 2.11. The van der Waals surface area contributed by atoms with Gasteiger partial charge in [0.05, 0.1) is 4.70 Å². The molecule has 0 unspecified atom stereocenters. The van der Waals surface area contributed by atoms with Gasteiger partial charge in [-0.25, -0.2) is 0 Å². The Hall–Kier alpha value is -1.22. The van der Waals surface area contributed by atoms with E-state index in [1.807, 2.05) is 18.4 Å². The van der Waals surface area contributed by atoms with Crippen molar-refractivity contribution in [3.05, 3.63) is 23.1 Å². The molecule has 0 aliphatic rings. The van der Waals surface area contributed by atoms with Gasteiger partial charge in [0, 0.05) is 11.1 Å². The number of phenolic OH excluding ortho intramolecular Hbond substituents is 1. The molecule has 0 bridgehead atoms. The van der Waals surface area contributed by atoms with Gasteiger partial charge in [-0.3, -0.25) is 0 Å². The third-order valence-corrected chi connectivity index (χ3v) is 2.90. The molecule has 1 heterocycles. The summed E-state index contributed by atoms with van der Waals surface area (Å²) in [5.41, 5.74) is 7.52. The second-order valence-electron chi connectivity index (χ2n) is 2.79. The van der Waals surface area contributed by atoms with Gasteiger partial charge in [-0.1, -0.05) is 0 Å². The van der Waals surface area contributed by atoms with E-state index in [9.17, 15) is 5.11 Å². The summed E-state index contributed by atoms with van der Waals surface area (Å²) in [5.74, 6) is 0.326. The number of fused-ring (bicyclic) bond motifs is 1. The van der Waals surface area contributed by atoms with Gasteiger partial charge < -0.3 is 10.8 Å². The smallest absolute Gasteiger partial charge is 0.133 e. The Morgan fingerprint density at radius 3 is 3.00 bits per heavy atom. The van der Waals surface area contributed by atoms with E-state index in [-0.39, 0.29) is 0 Å². The van der Waals surface area contributed by atoms with Gasteiger partial charge in [0.1, 0.15) is 5.75 Å². The number of nitrogens with two attached hydrogens (primary N) is 1. The van der Waals surface area contributed by atoms with Crippen LogP contribution in [0, 0.1) is 6.92 Å². The molecule has 1 aromatic heterocycles. The Kier molecular flexibility index (Phi) is 1.48. The van der Waals surface area contributed by atoms with Crippen molar-refractivity contribution in [1.82, 2.24) is 0 Å². The topological polar surface area (TPSA) is 46.2 Å². The van der Waals surface area contributed by atoms with Gasteiger partial charge >= 0.3 is 0 Å². The summed E-state index contributed by atoms with van der Waals surface area (Å²) in [7, 11) is 0. The van der Waals surface area contributed by atoms with Crippen LogP contribution in [0.1, 0.15) is 5.56 Å². The van der Waals surface area contributed by atoms with Gasteiger partial charge in [0.25, 0.3) is 0 Å². The highest BCUT2D eigenvalue weighted by molar-refractivity contribution is 7.17. The molecule has 0 aliphatic carbocycles. The maximum absolute atomic E-state index is 9.52. The first-order valence-electron chi connectivity index (χ1n) is 3.65. The molecule has 0 atom stereocenters. The number of aryl methyl sites for hydroxylation is 1. The monoisotopic (exact) mass is 179 g/mol. The maximum atomic E-state index is 9.52. The summed E-state index contributed by atoms with van der Waals surface area (Å²) in [6, 6.07) is 3.64. The molecular weight excluding hydrogens is 170 g/mol. The third-order valence-electron chi connectivity index (χ3n) is 1.97. The lowest BCUT2D eigenvalue weighted by Gasteiger charge is -2.02. The van der Waals surface area contributed by atoms with E-state index >= 15 is 0 Å². The van der Waals surface area contributed by atoms with Crippen LogP contribution in [-0.4, -0.2) is 5.11 Å². The summed E-state index contributed by atoms with van der Waals surface area (Å²) in [6.07, 6.45) is 0. The number of hydrogen-bond donors (Lipinski definition) is 2. The molecule has 0 fully saturated rings. The molecule has 2 aromatic rings. The highest BCUT2D eigenvalue weighted by atomic mass is 32.1. The average molecular weight is 179 g/mol. The van der Waals surface area contributed by atoms with E-state index in [1.165, 1.54) is 11.3 Å². The highest BCUT2D eigenvalue weighted by Gasteiger charge is 2.06. The second kappa shape index (κ2) is 2.38. The van der Waals surface area contributed by atoms with Gasteiger partial charge in [-0.2, -0.15) is 0 Å². The van der Waals surface area contributed by atoms with E-state index in [2.05, 4.69) is 0 Å². The molecule has 0 saturated heterocycles. The molecule has 3 heteroatoms.